The third kappa shape index (κ3) is 4.71. The lowest BCUT2D eigenvalue weighted by atomic mass is 9.92. The molecular formula is C18H26N2O3. The number of nitrogens with zero attached hydrogens (tertiary/aromatic N) is 1. The number of hydrogen-bond donors (Lipinski definition) is 1. The van der Waals surface area contributed by atoms with Crippen LogP contribution in [0.4, 0.5) is 0 Å². The van der Waals surface area contributed by atoms with Crippen molar-refractivity contribution in [3.8, 4) is 5.75 Å². The average Bonchev–Trinajstić information content (AvgIpc) is 2.46. The van der Waals surface area contributed by atoms with Gasteiger partial charge in [-0.15, -0.1) is 0 Å². The minimum Gasteiger partial charge on any atom is -0.493 e. The van der Waals surface area contributed by atoms with Crippen LogP contribution in [-0.4, -0.2) is 35.9 Å². The fourth-order valence-corrected chi connectivity index (χ4v) is 3.10. The fraction of sp³-hybridized carbons (Fsp3) is 0.556. The number of primary amides is 1. The molecule has 0 aliphatic carbocycles. The number of hydrogen-bond acceptors (Lipinski definition) is 3. The lowest BCUT2D eigenvalue weighted by Crippen LogP contribution is -2.48. The first-order valence-corrected chi connectivity index (χ1v) is 8.16. The summed E-state index contributed by atoms with van der Waals surface area (Å²) in [5.41, 5.74) is 7.66. The van der Waals surface area contributed by atoms with Crippen LogP contribution in [0.2, 0.25) is 0 Å². The van der Waals surface area contributed by atoms with E-state index in [-0.39, 0.29) is 23.8 Å². The first kappa shape index (κ1) is 17.3. The Morgan fingerprint density at radius 2 is 1.87 bits per heavy atom. The number of carbonyl (C=O) groups is 2. The van der Waals surface area contributed by atoms with Crippen molar-refractivity contribution in [1.82, 2.24) is 4.90 Å². The van der Waals surface area contributed by atoms with Gasteiger partial charge in [0.2, 0.25) is 11.8 Å². The van der Waals surface area contributed by atoms with E-state index in [1.54, 1.807) is 4.90 Å². The maximum Gasteiger partial charge on any atom is 0.226 e. The molecule has 126 valence electrons. The van der Waals surface area contributed by atoms with Crippen molar-refractivity contribution in [2.24, 2.45) is 11.7 Å². The summed E-state index contributed by atoms with van der Waals surface area (Å²) in [5.74, 6) is 0.265. The van der Waals surface area contributed by atoms with Gasteiger partial charge in [0, 0.05) is 12.6 Å². The van der Waals surface area contributed by atoms with Gasteiger partial charge in [-0.2, -0.15) is 0 Å². The van der Waals surface area contributed by atoms with Crippen molar-refractivity contribution < 1.29 is 14.3 Å². The normalized spacial score (nSPS) is 21.1. The fourth-order valence-electron chi connectivity index (χ4n) is 3.10. The Hall–Kier alpha value is -2.04. The van der Waals surface area contributed by atoms with Gasteiger partial charge in [0.1, 0.15) is 5.75 Å². The van der Waals surface area contributed by atoms with Gasteiger partial charge in [0.15, 0.2) is 0 Å². The van der Waals surface area contributed by atoms with E-state index in [2.05, 4.69) is 6.07 Å². The van der Waals surface area contributed by atoms with Gasteiger partial charge in [0.05, 0.1) is 18.9 Å². The predicted molar refractivity (Wildman–Crippen MR) is 89.1 cm³/mol. The summed E-state index contributed by atoms with van der Waals surface area (Å²) < 4.78 is 5.70. The second-order valence-corrected chi connectivity index (χ2v) is 6.49. The Labute approximate surface area is 137 Å². The Bertz CT molecular complexity index is 565. The number of piperidine rings is 1. The molecule has 2 atom stereocenters. The van der Waals surface area contributed by atoms with Gasteiger partial charge in [0.25, 0.3) is 0 Å². The van der Waals surface area contributed by atoms with Gasteiger partial charge in [-0.25, -0.2) is 0 Å². The summed E-state index contributed by atoms with van der Waals surface area (Å²) in [6.45, 7) is 6.82. The highest BCUT2D eigenvalue weighted by Crippen LogP contribution is 2.22. The summed E-state index contributed by atoms with van der Waals surface area (Å²) in [4.78, 5) is 25.5. The molecule has 0 saturated carbocycles. The molecule has 2 amide bonds. The average molecular weight is 318 g/mol. The molecule has 2 rings (SSSR count). The van der Waals surface area contributed by atoms with E-state index in [1.165, 1.54) is 0 Å². The standard InChI is InChI=1S/C18H26N2O3/c1-12-8-13(2)10-16(9-12)23-7-6-17(21)20-11-15(18(19)22)5-4-14(20)3/h8-10,14-15H,4-7,11H2,1-3H3,(H2,19,22)/t14-,15-/m1/s1. The smallest absolute Gasteiger partial charge is 0.226 e. The molecule has 1 aromatic rings. The zero-order chi connectivity index (χ0) is 17.0. The molecule has 2 N–H and O–H groups in total. The number of amides is 2. The molecule has 1 aliphatic rings. The molecule has 0 spiro atoms. The second-order valence-electron chi connectivity index (χ2n) is 6.49. The Morgan fingerprint density at radius 3 is 2.48 bits per heavy atom. The number of rotatable bonds is 5. The van der Waals surface area contributed by atoms with Crippen molar-refractivity contribution in [3.05, 3.63) is 29.3 Å². The minimum atomic E-state index is -0.318. The van der Waals surface area contributed by atoms with Crippen LogP contribution in [-0.2, 0) is 9.59 Å². The maximum atomic E-state index is 12.4. The third-order valence-electron chi connectivity index (χ3n) is 4.38. The van der Waals surface area contributed by atoms with Crippen molar-refractivity contribution >= 4 is 11.8 Å². The Kier molecular flexibility index (Phi) is 5.64. The van der Waals surface area contributed by atoms with Crippen LogP contribution in [0, 0.1) is 19.8 Å². The summed E-state index contributed by atoms with van der Waals surface area (Å²) in [6.07, 6.45) is 1.89. The van der Waals surface area contributed by atoms with E-state index in [1.807, 2.05) is 32.9 Å². The van der Waals surface area contributed by atoms with Crippen molar-refractivity contribution in [2.45, 2.75) is 46.1 Å². The Morgan fingerprint density at radius 1 is 1.22 bits per heavy atom. The van der Waals surface area contributed by atoms with Gasteiger partial charge < -0.3 is 15.4 Å². The molecule has 5 heteroatoms. The van der Waals surface area contributed by atoms with E-state index < -0.39 is 0 Å². The topological polar surface area (TPSA) is 72.6 Å². The molecule has 0 unspecified atom stereocenters. The lowest BCUT2D eigenvalue weighted by molar-refractivity contribution is -0.138. The van der Waals surface area contributed by atoms with Crippen LogP contribution in [0.3, 0.4) is 0 Å². The van der Waals surface area contributed by atoms with Crippen LogP contribution in [0.15, 0.2) is 18.2 Å². The van der Waals surface area contributed by atoms with Gasteiger partial charge >= 0.3 is 0 Å². The lowest BCUT2D eigenvalue weighted by Gasteiger charge is -2.37. The van der Waals surface area contributed by atoms with Crippen LogP contribution in [0.25, 0.3) is 0 Å². The van der Waals surface area contributed by atoms with E-state index in [9.17, 15) is 9.59 Å². The van der Waals surface area contributed by atoms with E-state index in [0.717, 1.165) is 29.7 Å². The van der Waals surface area contributed by atoms with Crippen LogP contribution in [0.1, 0.15) is 37.3 Å². The van der Waals surface area contributed by atoms with Gasteiger partial charge in [-0.1, -0.05) is 6.07 Å². The van der Waals surface area contributed by atoms with Crippen molar-refractivity contribution in [1.29, 1.82) is 0 Å². The number of carbonyl (C=O) groups excluding carboxylic acids is 2. The molecule has 1 fully saturated rings. The van der Waals surface area contributed by atoms with E-state index >= 15 is 0 Å². The van der Waals surface area contributed by atoms with Crippen molar-refractivity contribution in [2.75, 3.05) is 13.2 Å². The molecule has 0 radical (unpaired) electrons. The zero-order valence-electron chi connectivity index (χ0n) is 14.2. The highest BCUT2D eigenvalue weighted by Gasteiger charge is 2.31. The predicted octanol–water partition coefficient (Wildman–Crippen LogP) is 2.18. The Balaban J connectivity index is 1.87. The molecule has 23 heavy (non-hydrogen) atoms. The third-order valence-corrected chi connectivity index (χ3v) is 4.38. The summed E-state index contributed by atoms with van der Waals surface area (Å²) in [6, 6.07) is 6.16. The number of likely N-dealkylation sites (tertiary alicyclic amines) is 1. The zero-order valence-corrected chi connectivity index (χ0v) is 14.2. The molecule has 0 aromatic heterocycles. The van der Waals surface area contributed by atoms with Gasteiger partial charge in [-0.05, 0) is 56.9 Å². The molecular weight excluding hydrogens is 292 g/mol. The minimum absolute atomic E-state index is 0.0211. The van der Waals surface area contributed by atoms with Crippen LogP contribution < -0.4 is 10.5 Å². The summed E-state index contributed by atoms with van der Waals surface area (Å²) >= 11 is 0. The number of nitrogens with two attached hydrogens (primary N) is 1. The number of benzene rings is 1. The van der Waals surface area contributed by atoms with E-state index in [0.29, 0.717) is 19.6 Å². The van der Waals surface area contributed by atoms with Crippen molar-refractivity contribution in [3.63, 3.8) is 0 Å². The molecule has 5 nitrogen and oxygen atoms in total. The summed E-state index contributed by atoms with van der Waals surface area (Å²) in [5, 5.41) is 0. The first-order valence-electron chi connectivity index (χ1n) is 8.16. The highest BCUT2D eigenvalue weighted by atomic mass is 16.5. The maximum absolute atomic E-state index is 12.4. The number of aryl methyl sites for hydroxylation is 2. The molecule has 1 aromatic carbocycles. The summed E-state index contributed by atoms with van der Waals surface area (Å²) in [7, 11) is 0. The largest absolute Gasteiger partial charge is 0.493 e. The molecule has 1 aliphatic heterocycles. The first-order chi connectivity index (χ1) is 10.9. The molecule has 1 saturated heterocycles. The monoisotopic (exact) mass is 318 g/mol. The quantitative estimate of drug-likeness (QED) is 0.904. The van der Waals surface area contributed by atoms with Crippen LogP contribution >= 0.6 is 0 Å². The second kappa shape index (κ2) is 7.49. The molecule has 1 heterocycles. The highest BCUT2D eigenvalue weighted by molar-refractivity contribution is 5.80. The SMILES string of the molecule is Cc1cc(C)cc(OCCC(=O)N2C[C@H](C(N)=O)CC[C@H]2C)c1. The number of ether oxygens (including phenoxy) is 1. The van der Waals surface area contributed by atoms with E-state index in [4.69, 9.17) is 10.5 Å². The van der Waals surface area contributed by atoms with Gasteiger partial charge in [-0.3, -0.25) is 9.59 Å². The van der Waals surface area contributed by atoms with Crippen LogP contribution in [0.5, 0.6) is 5.75 Å². The molecule has 0 bridgehead atoms.